The lowest BCUT2D eigenvalue weighted by Crippen LogP contribution is -2.32. The normalized spacial score (nSPS) is 26.7. The molecule has 4 aliphatic rings. The predicted molar refractivity (Wildman–Crippen MR) is 94.5 cm³/mol. The Morgan fingerprint density at radius 3 is 3.04 bits per heavy atom. The van der Waals surface area contributed by atoms with Gasteiger partial charge >= 0.3 is 0 Å². The first-order valence-electron chi connectivity index (χ1n) is 8.51. The van der Waals surface area contributed by atoms with Crippen LogP contribution in [0.15, 0.2) is 82.1 Å². The van der Waals surface area contributed by atoms with Crippen LogP contribution < -0.4 is 0 Å². The smallest absolute Gasteiger partial charge is 0.134 e. The molecule has 0 amide bonds. The van der Waals surface area contributed by atoms with Crippen LogP contribution in [0.2, 0.25) is 0 Å². The first kappa shape index (κ1) is 12.8. The summed E-state index contributed by atoms with van der Waals surface area (Å²) in [6.45, 7) is 0.706. The lowest BCUT2D eigenvalue weighted by molar-refractivity contribution is 0.0755. The Balaban J connectivity index is 1.69. The molecule has 0 spiro atoms. The molecule has 0 fully saturated rings. The number of hydrogen-bond donors (Lipinski definition) is 0. The van der Waals surface area contributed by atoms with Gasteiger partial charge in [0.2, 0.25) is 0 Å². The number of ether oxygens (including phenoxy) is 1. The molecule has 2 nitrogen and oxygen atoms in total. The quantitative estimate of drug-likeness (QED) is 0.700. The predicted octanol–water partition coefficient (Wildman–Crippen LogP) is 4.75. The summed E-state index contributed by atoms with van der Waals surface area (Å²) in [4.78, 5) is 0. The van der Waals surface area contributed by atoms with E-state index in [1.165, 1.54) is 38.8 Å². The third-order valence-electron chi connectivity index (χ3n) is 5.62. The molecule has 2 atom stereocenters. The Bertz CT molecular complexity index is 1040. The number of hydrogen-bond acceptors (Lipinski definition) is 2. The van der Waals surface area contributed by atoms with Crippen LogP contribution in [0.3, 0.4) is 0 Å². The van der Waals surface area contributed by atoms with E-state index in [2.05, 4.69) is 48.6 Å². The molecule has 6 rings (SSSR count). The van der Waals surface area contributed by atoms with Crippen LogP contribution in [0.5, 0.6) is 0 Å². The number of rotatable bonds is 0. The third-order valence-corrected chi connectivity index (χ3v) is 5.62. The SMILES string of the molecule is C1=CC2=C3C(=C4C=CCOC4C2C=C1)Cc1cc2ccoc2cc13. The molecule has 0 radical (unpaired) electrons. The summed E-state index contributed by atoms with van der Waals surface area (Å²) in [5.74, 6) is 0.312. The minimum atomic E-state index is 0.155. The maximum atomic E-state index is 6.14. The average Bonchev–Trinajstić information content (AvgIpc) is 3.23. The van der Waals surface area contributed by atoms with Crippen molar-refractivity contribution in [2.24, 2.45) is 5.92 Å². The molecular weight excluding hydrogens is 296 g/mol. The topological polar surface area (TPSA) is 22.4 Å². The minimum absolute atomic E-state index is 0.155. The number of fused-ring (bicyclic) bond motifs is 7. The van der Waals surface area contributed by atoms with Gasteiger partial charge < -0.3 is 9.15 Å². The average molecular weight is 312 g/mol. The van der Waals surface area contributed by atoms with Crippen molar-refractivity contribution in [1.82, 2.24) is 0 Å². The fraction of sp³-hybridized carbons (Fsp3) is 0.182. The maximum absolute atomic E-state index is 6.14. The molecule has 1 aliphatic heterocycles. The van der Waals surface area contributed by atoms with Crippen molar-refractivity contribution in [1.29, 1.82) is 0 Å². The Kier molecular flexibility index (Phi) is 2.39. The van der Waals surface area contributed by atoms with E-state index in [4.69, 9.17) is 9.15 Å². The summed E-state index contributed by atoms with van der Waals surface area (Å²) >= 11 is 0. The van der Waals surface area contributed by atoms with Crippen LogP contribution in [0, 0.1) is 5.92 Å². The van der Waals surface area contributed by atoms with Gasteiger partial charge in [-0.15, -0.1) is 0 Å². The highest BCUT2D eigenvalue weighted by Gasteiger charge is 2.40. The number of benzene rings is 1. The zero-order valence-corrected chi connectivity index (χ0v) is 13.2. The lowest BCUT2D eigenvalue weighted by atomic mass is 9.74. The fourth-order valence-electron chi connectivity index (χ4n) is 4.61. The molecule has 2 unspecified atom stereocenters. The third kappa shape index (κ3) is 1.54. The first-order chi connectivity index (χ1) is 11.9. The van der Waals surface area contributed by atoms with Crippen LogP contribution in [-0.4, -0.2) is 12.7 Å². The highest BCUT2D eigenvalue weighted by atomic mass is 16.5. The summed E-state index contributed by atoms with van der Waals surface area (Å²) in [7, 11) is 0. The van der Waals surface area contributed by atoms with Crippen LogP contribution in [0.4, 0.5) is 0 Å². The molecule has 0 saturated carbocycles. The molecule has 24 heavy (non-hydrogen) atoms. The van der Waals surface area contributed by atoms with Gasteiger partial charge in [0.25, 0.3) is 0 Å². The van der Waals surface area contributed by atoms with Crippen LogP contribution in [-0.2, 0) is 11.2 Å². The van der Waals surface area contributed by atoms with Crippen LogP contribution in [0.1, 0.15) is 11.1 Å². The minimum Gasteiger partial charge on any atom is -0.464 e. The van der Waals surface area contributed by atoms with Crippen molar-refractivity contribution in [3.05, 3.63) is 88.8 Å². The summed E-state index contributed by atoms with van der Waals surface area (Å²) < 4.78 is 11.8. The van der Waals surface area contributed by atoms with Crippen molar-refractivity contribution >= 4 is 16.5 Å². The number of allylic oxidation sites excluding steroid dienone is 5. The van der Waals surface area contributed by atoms with Gasteiger partial charge in [-0.3, -0.25) is 0 Å². The van der Waals surface area contributed by atoms with Crippen LogP contribution in [0.25, 0.3) is 16.5 Å². The Labute approximate surface area is 140 Å². The van der Waals surface area contributed by atoms with Gasteiger partial charge in [-0.05, 0) is 58.0 Å². The van der Waals surface area contributed by atoms with E-state index in [9.17, 15) is 0 Å². The molecule has 2 heterocycles. The zero-order valence-electron chi connectivity index (χ0n) is 13.2. The maximum Gasteiger partial charge on any atom is 0.134 e. The van der Waals surface area contributed by atoms with Crippen molar-refractivity contribution in [3.8, 4) is 0 Å². The first-order valence-corrected chi connectivity index (χ1v) is 8.51. The van der Waals surface area contributed by atoms with Gasteiger partial charge in [-0.2, -0.15) is 0 Å². The van der Waals surface area contributed by atoms with Gasteiger partial charge in [0.05, 0.1) is 19.0 Å². The molecule has 0 saturated heterocycles. The van der Waals surface area contributed by atoms with Crippen molar-refractivity contribution in [2.75, 3.05) is 6.61 Å². The molecule has 3 aliphatic carbocycles. The van der Waals surface area contributed by atoms with Gasteiger partial charge in [-0.25, -0.2) is 0 Å². The molecule has 2 aromatic rings. The Morgan fingerprint density at radius 1 is 1.04 bits per heavy atom. The molecule has 0 N–H and O–H groups in total. The van der Waals surface area contributed by atoms with E-state index in [-0.39, 0.29) is 6.10 Å². The summed E-state index contributed by atoms with van der Waals surface area (Å²) in [5.41, 5.74) is 9.28. The summed E-state index contributed by atoms with van der Waals surface area (Å²) in [6, 6.07) is 6.55. The van der Waals surface area contributed by atoms with E-state index in [0.717, 1.165) is 12.0 Å². The van der Waals surface area contributed by atoms with Crippen molar-refractivity contribution in [3.63, 3.8) is 0 Å². The Morgan fingerprint density at radius 2 is 2.04 bits per heavy atom. The van der Waals surface area contributed by atoms with E-state index >= 15 is 0 Å². The number of furan rings is 1. The highest BCUT2D eigenvalue weighted by molar-refractivity contribution is 5.96. The molecule has 2 heteroatoms. The van der Waals surface area contributed by atoms with Crippen molar-refractivity contribution < 1.29 is 9.15 Å². The Hall–Kier alpha value is -2.58. The second-order valence-corrected chi connectivity index (χ2v) is 6.83. The monoisotopic (exact) mass is 312 g/mol. The molecule has 116 valence electrons. The zero-order chi connectivity index (χ0) is 15.7. The van der Waals surface area contributed by atoms with Crippen LogP contribution >= 0.6 is 0 Å². The van der Waals surface area contributed by atoms with Gasteiger partial charge in [0.1, 0.15) is 5.58 Å². The van der Waals surface area contributed by atoms with E-state index in [0.29, 0.717) is 12.5 Å². The van der Waals surface area contributed by atoms with E-state index < -0.39 is 0 Å². The fourth-order valence-corrected chi connectivity index (χ4v) is 4.61. The largest absolute Gasteiger partial charge is 0.464 e. The summed E-state index contributed by atoms with van der Waals surface area (Å²) in [6.07, 6.45) is 16.2. The second kappa shape index (κ2) is 4.49. The van der Waals surface area contributed by atoms with E-state index in [1.807, 2.05) is 6.07 Å². The highest BCUT2D eigenvalue weighted by Crippen LogP contribution is 2.51. The molecular formula is C22H16O2. The van der Waals surface area contributed by atoms with Gasteiger partial charge in [0.15, 0.2) is 0 Å². The van der Waals surface area contributed by atoms with Crippen molar-refractivity contribution in [2.45, 2.75) is 12.5 Å². The second-order valence-electron chi connectivity index (χ2n) is 6.83. The standard InChI is InChI=1S/C22H16O2/c1-2-5-16-15(4-1)21-18-12-20-13(7-9-23-20)10-14(18)11-19(21)17-6-3-8-24-22(16)17/h1-7,9-10,12,16,22H,8,11H2. The molecule has 1 aromatic heterocycles. The molecule has 0 bridgehead atoms. The van der Waals surface area contributed by atoms with E-state index in [1.54, 1.807) is 6.26 Å². The van der Waals surface area contributed by atoms with Gasteiger partial charge in [0, 0.05) is 11.3 Å². The summed E-state index contributed by atoms with van der Waals surface area (Å²) in [5, 5.41) is 1.19. The van der Waals surface area contributed by atoms with Gasteiger partial charge in [-0.1, -0.05) is 36.5 Å². The molecule has 1 aromatic carbocycles. The lowest BCUT2D eigenvalue weighted by Gasteiger charge is -2.36.